The number of rotatable bonds is 7. The number of hydrogen-bond acceptors (Lipinski definition) is 3. The van der Waals surface area contributed by atoms with Gasteiger partial charge in [0.1, 0.15) is 0 Å². The fourth-order valence-electron chi connectivity index (χ4n) is 1.33. The van der Waals surface area contributed by atoms with Gasteiger partial charge >= 0.3 is 0 Å². The Labute approximate surface area is 116 Å². The molecule has 1 rings (SSSR count). The van der Waals surface area contributed by atoms with Crippen LogP contribution < -0.4 is 10.6 Å². The van der Waals surface area contributed by atoms with Crippen molar-refractivity contribution in [2.75, 3.05) is 25.0 Å². The van der Waals surface area contributed by atoms with Crippen molar-refractivity contribution in [3.63, 3.8) is 0 Å². The van der Waals surface area contributed by atoms with Crippen LogP contribution in [0.3, 0.4) is 0 Å². The van der Waals surface area contributed by atoms with Crippen molar-refractivity contribution in [2.24, 2.45) is 0 Å². The van der Waals surface area contributed by atoms with Gasteiger partial charge in [-0.05, 0) is 41.9 Å². The molecule has 0 fully saturated rings. The molecule has 5 heteroatoms. The predicted molar refractivity (Wildman–Crippen MR) is 76.7 cm³/mol. The van der Waals surface area contributed by atoms with Crippen LogP contribution >= 0.6 is 15.9 Å². The summed E-state index contributed by atoms with van der Waals surface area (Å²) in [4.78, 5) is 11.6. The maximum Gasteiger partial charge on any atom is 0.238 e. The summed E-state index contributed by atoms with van der Waals surface area (Å²) in [5.41, 5.74) is 0.780. The number of carbonyl (C=O) groups excluding carboxylic acids is 1. The van der Waals surface area contributed by atoms with Crippen LogP contribution in [0.15, 0.2) is 28.7 Å². The summed E-state index contributed by atoms with van der Waals surface area (Å²) in [6.07, 6.45) is 0.223. The van der Waals surface area contributed by atoms with Crippen LogP contribution in [0.2, 0.25) is 0 Å². The fraction of sp³-hybridized carbons (Fsp3) is 0.462. The van der Waals surface area contributed by atoms with Gasteiger partial charge in [0, 0.05) is 11.0 Å². The summed E-state index contributed by atoms with van der Waals surface area (Å²) in [5.74, 6) is -0.0635. The summed E-state index contributed by atoms with van der Waals surface area (Å²) in [5, 5.41) is 5.85. The molecule has 0 aliphatic rings. The second kappa shape index (κ2) is 8.24. The molecule has 1 aromatic rings. The molecular weight excluding hydrogens is 296 g/mol. The third-order valence-corrected chi connectivity index (χ3v) is 2.86. The average Bonchev–Trinajstić information content (AvgIpc) is 2.31. The third-order valence-electron chi connectivity index (χ3n) is 2.16. The summed E-state index contributed by atoms with van der Waals surface area (Å²) in [6, 6.07) is 7.52. The highest BCUT2D eigenvalue weighted by Gasteiger charge is 2.04. The van der Waals surface area contributed by atoms with Crippen molar-refractivity contribution >= 4 is 27.5 Å². The minimum absolute atomic E-state index is 0.0635. The van der Waals surface area contributed by atoms with Crippen molar-refractivity contribution in [1.29, 1.82) is 0 Å². The van der Waals surface area contributed by atoms with Crippen molar-refractivity contribution in [3.05, 3.63) is 28.7 Å². The van der Waals surface area contributed by atoms with E-state index >= 15 is 0 Å². The van der Waals surface area contributed by atoms with E-state index in [0.29, 0.717) is 13.2 Å². The van der Waals surface area contributed by atoms with Gasteiger partial charge < -0.3 is 15.4 Å². The summed E-state index contributed by atoms with van der Waals surface area (Å²) >= 11 is 3.38. The topological polar surface area (TPSA) is 50.4 Å². The highest BCUT2D eigenvalue weighted by Crippen LogP contribution is 2.20. The summed E-state index contributed by atoms with van der Waals surface area (Å²) in [6.45, 7) is 5.53. The monoisotopic (exact) mass is 314 g/mol. The molecule has 0 aromatic heterocycles. The molecule has 0 spiro atoms. The van der Waals surface area contributed by atoms with Crippen LogP contribution in [0.1, 0.15) is 13.8 Å². The SMILES string of the molecule is CC(C)OCCNCC(=O)Nc1ccccc1Br. The number of amides is 1. The van der Waals surface area contributed by atoms with Gasteiger partial charge in [0.2, 0.25) is 5.91 Å². The first kappa shape index (κ1) is 15.1. The van der Waals surface area contributed by atoms with E-state index < -0.39 is 0 Å². The number of halogens is 1. The van der Waals surface area contributed by atoms with Gasteiger partial charge in [0.05, 0.1) is 24.9 Å². The van der Waals surface area contributed by atoms with Crippen molar-refractivity contribution in [3.8, 4) is 0 Å². The molecule has 2 N–H and O–H groups in total. The number of carbonyl (C=O) groups is 1. The molecule has 0 atom stereocenters. The lowest BCUT2D eigenvalue weighted by Crippen LogP contribution is -2.31. The third kappa shape index (κ3) is 6.14. The first-order valence-corrected chi connectivity index (χ1v) is 6.75. The van der Waals surface area contributed by atoms with E-state index in [1.54, 1.807) is 0 Å². The number of hydrogen-bond donors (Lipinski definition) is 2. The Morgan fingerprint density at radius 3 is 2.78 bits per heavy atom. The standard InChI is InChI=1S/C13H19BrN2O2/c1-10(2)18-8-7-15-9-13(17)16-12-6-4-3-5-11(12)14/h3-6,10,15H,7-9H2,1-2H3,(H,16,17). The molecule has 1 amide bonds. The van der Waals surface area contributed by atoms with Gasteiger partial charge in [-0.15, -0.1) is 0 Å². The van der Waals surface area contributed by atoms with Crippen molar-refractivity contribution in [2.45, 2.75) is 20.0 Å². The minimum Gasteiger partial charge on any atom is -0.377 e. The van der Waals surface area contributed by atoms with Gasteiger partial charge in [-0.3, -0.25) is 4.79 Å². The lowest BCUT2D eigenvalue weighted by molar-refractivity contribution is -0.115. The molecule has 0 aliphatic carbocycles. The number of para-hydroxylation sites is 1. The second-order valence-corrected chi connectivity index (χ2v) is 4.98. The first-order valence-electron chi connectivity index (χ1n) is 5.96. The van der Waals surface area contributed by atoms with E-state index in [2.05, 4.69) is 26.6 Å². The van der Waals surface area contributed by atoms with Crippen LogP contribution in [0, 0.1) is 0 Å². The quantitative estimate of drug-likeness (QED) is 0.760. The normalized spacial score (nSPS) is 10.7. The summed E-state index contributed by atoms with van der Waals surface area (Å²) < 4.78 is 6.24. The molecule has 0 radical (unpaired) electrons. The molecule has 0 bridgehead atoms. The Morgan fingerprint density at radius 2 is 2.11 bits per heavy atom. The van der Waals surface area contributed by atoms with Gasteiger partial charge in [-0.1, -0.05) is 12.1 Å². The summed E-state index contributed by atoms with van der Waals surface area (Å²) in [7, 11) is 0. The predicted octanol–water partition coefficient (Wildman–Crippen LogP) is 2.40. The van der Waals surface area contributed by atoms with E-state index in [-0.39, 0.29) is 18.6 Å². The van der Waals surface area contributed by atoms with Gasteiger partial charge in [0.15, 0.2) is 0 Å². The molecule has 18 heavy (non-hydrogen) atoms. The maximum absolute atomic E-state index is 11.6. The molecule has 0 unspecified atom stereocenters. The largest absolute Gasteiger partial charge is 0.377 e. The van der Waals surface area contributed by atoms with E-state index in [1.165, 1.54) is 0 Å². The second-order valence-electron chi connectivity index (χ2n) is 4.12. The molecule has 0 saturated carbocycles. The van der Waals surface area contributed by atoms with E-state index in [9.17, 15) is 4.79 Å². The Morgan fingerprint density at radius 1 is 1.39 bits per heavy atom. The number of benzene rings is 1. The molecular formula is C13H19BrN2O2. The van der Waals surface area contributed by atoms with Gasteiger partial charge in [0.25, 0.3) is 0 Å². The van der Waals surface area contributed by atoms with E-state index in [1.807, 2.05) is 38.1 Å². The maximum atomic E-state index is 11.6. The number of ether oxygens (including phenoxy) is 1. The Bertz CT molecular complexity index is 383. The van der Waals surface area contributed by atoms with Gasteiger partial charge in [-0.2, -0.15) is 0 Å². The van der Waals surface area contributed by atoms with Crippen molar-refractivity contribution < 1.29 is 9.53 Å². The van der Waals surface area contributed by atoms with E-state index in [0.717, 1.165) is 10.2 Å². The van der Waals surface area contributed by atoms with Crippen LogP contribution in [0.25, 0.3) is 0 Å². The zero-order chi connectivity index (χ0) is 13.4. The Kier molecular flexibility index (Phi) is 6.93. The van der Waals surface area contributed by atoms with E-state index in [4.69, 9.17) is 4.74 Å². The number of nitrogens with one attached hydrogen (secondary N) is 2. The van der Waals surface area contributed by atoms with Crippen LogP contribution in [0.4, 0.5) is 5.69 Å². The van der Waals surface area contributed by atoms with Gasteiger partial charge in [-0.25, -0.2) is 0 Å². The first-order chi connectivity index (χ1) is 8.59. The van der Waals surface area contributed by atoms with Crippen LogP contribution in [0.5, 0.6) is 0 Å². The zero-order valence-corrected chi connectivity index (χ0v) is 12.3. The molecule has 1 aromatic carbocycles. The molecule has 0 heterocycles. The average molecular weight is 315 g/mol. The zero-order valence-electron chi connectivity index (χ0n) is 10.7. The van der Waals surface area contributed by atoms with Crippen molar-refractivity contribution in [1.82, 2.24) is 5.32 Å². The minimum atomic E-state index is -0.0635. The highest BCUT2D eigenvalue weighted by atomic mass is 79.9. The van der Waals surface area contributed by atoms with Crippen LogP contribution in [-0.2, 0) is 9.53 Å². The Balaban J connectivity index is 2.20. The lowest BCUT2D eigenvalue weighted by atomic mass is 10.3. The highest BCUT2D eigenvalue weighted by molar-refractivity contribution is 9.10. The fourth-order valence-corrected chi connectivity index (χ4v) is 1.71. The molecule has 0 saturated heterocycles. The number of anilines is 1. The smallest absolute Gasteiger partial charge is 0.238 e. The molecule has 4 nitrogen and oxygen atoms in total. The Hall–Kier alpha value is -0.910. The molecule has 0 aliphatic heterocycles. The van der Waals surface area contributed by atoms with Crippen LogP contribution in [-0.4, -0.2) is 31.7 Å². The lowest BCUT2D eigenvalue weighted by Gasteiger charge is -2.09. The molecule has 100 valence electrons.